The Balaban J connectivity index is 1.11. The van der Waals surface area contributed by atoms with Gasteiger partial charge in [0.25, 0.3) is 0 Å². The van der Waals surface area contributed by atoms with Crippen molar-refractivity contribution in [2.24, 2.45) is 0 Å². The molecule has 1 nitrogen and oxygen atoms in total. The van der Waals surface area contributed by atoms with Crippen LogP contribution in [0.2, 0.25) is 0 Å². The fourth-order valence-electron chi connectivity index (χ4n) is 11.5. The second-order valence-electron chi connectivity index (χ2n) is 17.1. The summed E-state index contributed by atoms with van der Waals surface area (Å²) in [6.07, 6.45) is 0. The molecule has 2 unspecified atom stereocenters. The monoisotopic (exact) mass is 834 g/mol. The second-order valence-corrected chi connectivity index (χ2v) is 20.8. The minimum Gasteiger partial charge on any atom is -0.309 e. The molecule has 0 radical (unpaired) electrons. The van der Waals surface area contributed by atoms with Crippen molar-refractivity contribution in [2.75, 3.05) is 0 Å². The molecule has 2 atom stereocenters. The van der Waals surface area contributed by atoms with E-state index in [0.29, 0.717) is 5.19 Å². The molecule has 0 aliphatic heterocycles. The molecule has 1 heterocycles. The van der Waals surface area contributed by atoms with Crippen LogP contribution < -0.4 is 20.7 Å². The minimum atomic E-state index is -3.77. The Hall–Kier alpha value is -7.78. The molecule has 300 valence electrons. The van der Waals surface area contributed by atoms with Crippen LogP contribution in [0.15, 0.2) is 249 Å². The van der Waals surface area contributed by atoms with E-state index >= 15 is 0 Å². The van der Waals surface area contributed by atoms with Gasteiger partial charge in [0.1, 0.15) is 0 Å². The summed E-state index contributed by atoms with van der Waals surface area (Å²) in [6.45, 7) is 0. The standard InChI is InChI=1S/C62H43NSi/c1-5-21-42(22-6-1)47-29-15-17-36-55(47)63-56-37-18-16-30-49(56)50-40-39-43(41-57(50)63)48-33-19-34-53-59-51-31-13-14-32-52(51)62(60(48)53)61-54(59)35-20-38-58(61)64(44-23-7-2-8-24-44,45-25-9-3-10-26-45)46-27-11-4-12-28-46/h1-41,59,62H/i2D,7D,8D,23D,24D. The summed E-state index contributed by atoms with van der Waals surface area (Å²) in [5.41, 5.74) is 15.4. The zero-order chi connectivity index (χ0) is 46.5. The fraction of sp³-hybridized carbons (Fsp3) is 0.0323. The summed E-state index contributed by atoms with van der Waals surface area (Å²) in [6, 6.07) is 76.4. The molecule has 2 bridgehead atoms. The normalized spacial score (nSPS) is 16.0. The third kappa shape index (κ3) is 5.30. The van der Waals surface area contributed by atoms with Crippen LogP contribution in [0.5, 0.6) is 0 Å². The van der Waals surface area contributed by atoms with Gasteiger partial charge in [-0.25, -0.2) is 0 Å². The molecule has 1 aromatic heterocycles. The van der Waals surface area contributed by atoms with Crippen molar-refractivity contribution in [2.45, 2.75) is 11.8 Å². The van der Waals surface area contributed by atoms with Crippen LogP contribution in [0.1, 0.15) is 52.1 Å². The van der Waals surface area contributed by atoms with Crippen molar-refractivity contribution in [1.29, 1.82) is 0 Å². The van der Waals surface area contributed by atoms with Gasteiger partial charge in [0.05, 0.1) is 23.6 Å². The van der Waals surface area contributed by atoms with Gasteiger partial charge in [0.15, 0.2) is 8.07 Å². The SMILES string of the molecule is [2H]c1c([2H])c([2H])c([Si](c2ccccc2)(c2ccccc2)c2cccc3c2C2c4ccccc4C3c3cccc(-c4ccc5c6ccccc6n(-c6ccccc6-c6ccccc6)c5c4)c32)c([2H])c1[2H]. The topological polar surface area (TPSA) is 4.93 Å². The molecule has 3 aliphatic carbocycles. The first-order valence-corrected chi connectivity index (χ1v) is 24.1. The minimum absolute atomic E-state index is 0.0951. The average Bonchev–Trinajstić information content (AvgIpc) is 3.74. The number of aromatic nitrogens is 1. The molecule has 0 saturated carbocycles. The molecule has 0 fully saturated rings. The Kier molecular flexibility index (Phi) is 7.32. The van der Waals surface area contributed by atoms with Crippen LogP contribution in [0, 0.1) is 0 Å². The number of fused-ring (bicyclic) bond motifs is 3. The highest BCUT2D eigenvalue weighted by molar-refractivity contribution is 7.20. The van der Waals surface area contributed by atoms with Gasteiger partial charge in [-0.15, -0.1) is 0 Å². The molecule has 0 amide bonds. The summed E-state index contributed by atoms with van der Waals surface area (Å²) in [7, 11) is -3.77. The molecule has 14 rings (SSSR count). The molecule has 11 aromatic rings. The first kappa shape index (κ1) is 32.0. The van der Waals surface area contributed by atoms with Crippen LogP contribution in [0.4, 0.5) is 0 Å². The number of benzene rings is 10. The van der Waals surface area contributed by atoms with E-state index < -0.39 is 8.07 Å². The van der Waals surface area contributed by atoms with Gasteiger partial charge in [-0.05, 0) is 89.0 Å². The molecule has 10 aromatic carbocycles. The highest BCUT2D eigenvalue weighted by Crippen LogP contribution is 2.57. The highest BCUT2D eigenvalue weighted by Gasteiger charge is 2.49. The number of nitrogens with zero attached hydrogens (tertiary/aromatic N) is 1. The van der Waals surface area contributed by atoms with Gasteiger partial charge in [-0.2, -0.15) is 0 Å². The van der Waals surface area contributed by atoms with Gasteiger partial charge in [-0.1, -0.05) is 230 Å². The lowest BCUT2D eigenvalue weighted by Crippen LogP contribution is -2.75. The Morgan fingerprint density at radius 3 is 1.69 bits per heavy atom. The average molecular weight is 835 g/mol. The summed E-state index contributed by atoms with van der Waals surface area (Å²) in [4.78, 5) is 0. The largest absolute Gasteiger partial charge is 0.309 e. The van der Waals surface area contributed by atoms with E-state index in [-0.39, 0.29) is 42.0 Å². The van der Waals surface area contributed by atoms with Gasteiger partial charge >= 0.3 is 0 Å². The smallest absolute Gasteiger partial charge is 0.179 e. The number of hydrogen-bond donors (Lipinski definition) is 0. The Labute approximate surface area is 382 Å². The molecular weight excluding hydrogens is 787 g/mol. The summed E-state index contributed by atoms with van der Waals surface area (Å²) >= 11 is 0. The van der Waals surface area contributed by atoms with Crippen molar-refractivity contribution in [1.82, 2.24) is 4.57 Å². The van der Waals surface area contributed by atoms with Crippen LogP contribution in [0.25, 0.3) is 49.7 Å². The van der Waals surface area contributed by atoms with Crippen LogP contribution in [-0.2, 0) is 0 Å². The predicted molar refractivity (Wildman–Crippen MR) is 270 cm³/mol. The molecule has 2 heteroatoms. The quantitative estimate of drug-likeness (QED) is 0.111. The molecule has 3 aliphatic rings. The summed E-state index contributed by atoms with van der Waals surface area (Å²) in [5.74, 6) is -0.324. The maximum atomic E-state index is 9.77. The molecule has 0 spiro atoms. The van der Waals surface area contributed by atoms with Crippen LogP contribution >= 0.6 is 0 Å². The lowest BCUT2D eigenvalue weighted by atomic mass is 9.60. The van der Waals surface area contributed by atoms with E-state index in [2.05, 4.69) is 187 Å². The van der Waals surface area contributed by atoms with Crippen molar-refractivity contribution in [3.8, 4) is 27.9 Å². The van der Waals surface area contributed by atoms with E-state index in [0.717, 1.165) is 54.5 Å². The third-order valence-electron chi connectivity index (χ3n) is 14.0. The second kappa shape index (κ2) is 14.7. The molecule has 0 N–H and O–H groups in total. The maximum Gasteiger partial charge on any atom is 0.179 e. The van der Waals surface area contributed by atoms with E-state index in [4.69, 9.17) is 4.11 Å². The van der Waals surface area contributed by atoms with Gasteiger partial charge in [-0.3, -0.25) is 0 Å². The van der Waals surface area contributed by atoms with Crippen molar-refractivity contribution < 1.29 is 6.85 Å². The van der Waals surface area contributed by atoms with E-state index in [9.17, 15) is 2.74 Å². The van der Waals surface area contributed by atoms with Crippen molar-refractivity contribution in [3.05, 3.63) is 282 Å². The number of para-hydroxylation sites is 2. The first-order valence-electron chi connectivity index (χ1n) is 24.6. The number of hydrogen-bond acceptors (Lipinski definition) is 0. The molecule has 0 saturated heterocycles. The lowest BCUT2D eigenvalue weighted by Gasteiger charge is -2.47. The molecular formula is C62H43NSi. The Morgan fingerprint density at radius 1 is 0.375 bits per heavy atom. The highest BCUT2D eigenvalue weighted by atomic mass is 28.3. The van der Waals surface area contributed by atoms with E-state index in [1.54, 1.807) is 0 Å². The zero-order valence-electron chi connectivity index (χ0n) is 39.9. The zero-order valence-corrected chi connectivity index (χ0v) is 35.9. The lowest BCUT2D eigenvalue weighted by molar-refractivity contribution is 0.760. The van der Waals surface area contributed by atoms with Gasteiger partial charge in [0, 0.05) is 28.2 Å². The van der Waals surface area contributed by atoms with Crippen molar-refractivity contribution >= 4 is 50.6 Å². The molecule has 64 heavy (non-hydrogen) atoms. The third-order valence-corrected chi connectivity index (χ3v) is 18.6. The Morgan fingerprint density at radius 2 is 0.938 bits per heavy atom. The number of rotatable bonds is 7. The van der Waals surface area contributed by atoms with E-state index in [1.165, 1.54) is 44.2 Å². The maximum absolute atomic E-state index is 9.77. The van der Waals surface area contributed by atoms with Gasteiger partial charge < -0.3 is 4.57 Å². The summed E-state index contributed by atoms with van der Waals surface area (Å²) in [5, 5.41) is 5.70. The van der Waals surface area contributed by atoms with Gasteiger partial charge in [0.2, 0.25) is 0 Å². The summed E-state index contributed by atoms with van der Waals surface area (Å²) < 4.78 is 49.0. The first-order chi connectivity index (χ1) is 33.9. The van der Waals surface area contributed by atoms with E-state index in [1.807, 2.05) is 36.4 Å². The Bertz CT molecular complexity index is 3800. The van der Waals surface area contributed by atoms with Crippen LogP contribution in [0.3, 0.4) is 0 Å². The fourth-order valence-corrected chi connectivity index (χ4v) is 16.3. The van der Waals surface area contributed by atoms with Crippen molar-refractivity contribution in [3.63, 3.8) is 0 Å². The predicted octanol–water partition coefficient (Wildman–Crippen LogP) is 12.5. The van der Waals surface area contributed by atoms with Crippen LogP contribution in [-0.4, -0.2) is 12.6 Å².